The summed E-state index contributed by atoms with van der Waals surface area (Å²) in [5, 5.41) is 19.3. The zero-order chi connectivity index (χ0) is 17.0. The van der Waals surface area contributed by atoms with Crippen molar-refractivity contribution in [2.75, 3.05) is 11.9 Å². The van der Waals surface area contributed by atoms with Crippen molar-refractivity contribution in [3.05, 3.63) is 35.9 Å². The molecular formula is C17H24N4O2. The summed E-state index contributed by atoms with van der Waals surface area (Å²) in [6.07, 6.45) is 0. The topological polar surface area (TPSA) is 79.2 Å². The van der Waals surface area contributed by atoms with Crippen LogP contribution in [0.1, 0.15) is 19.4 Å². The summed E-state index contributed by atoms with van der Waals surface area (Å²) in [5.41, 5.74) is 2.97. The van der Waals surface area contributed by atoms with E-state index in [1.807, 2.05) is 51.1 Å². The third kappa shape index (κ3) is 4.10. The smallest absolute Gasteiger partial charge is 0.320 e. The van der Waals surface area contributed by atoms with Crippen LogP contribution in [0.15, 0.2) is 30.3 Å². The van der Waals surface area contributed by atoms with Crippen LogP contribution in [0.25, 0.3) is 11.3 Å². The minimum Gasteiger partial charge on any atom is -0.394 e. The Morgan fingerprint density at radius 1 is 1.35 bits per heavy atom. The molecule has 2 aromatic rings. The second kappa shape index (κ2) is 7.28. The van der Waals surface area contributed by atoms with Gasteiger partial charge in [0.2, 0.25) is 0 Å². The van der Waals surface area contributed by atoms with E-state index in [4.69, 9.17) is 0 Å². The second-order valence-electron chi connectivity index (χ2n) is 5.98. The van der Waals surface area contributed by atoms with Gasteiger partial charge in [0.15, 0.2) is 0 Å². The standard InChI is InChI=1S/C17H24N4O2/c1-11(2)15(10-22)18-17(23)19-16-9-14(20-21(16)4)13-8-6-5-7-12(13)3/h5-9,11,15,22H,10H2,1-4H3,(H2,18,19,23)/t15-/m1/s1. The number of nitrogens with one attached hydrogen (secondary N) is 2. The molecule has 0 spiro atoms. The lowest BCUT2D eigenvalue weighted by Gasteiger charge is -2.20. The van der Waals surface area contributed by atoms with Gasteiger partial charge in [0.05, 0.1) is 18.3 Å². The summed E-state index contributed by atoms with van der Waals surface area (Å²) >= 11 is 0. The van der Waals surface area contributed by atoms with E-state index in [1.165, 1.54) is 0 Å². The molecule has 0 aliphatic carbocycles. The highest BCUT2D eigenvalue weighted by molar-refractivity contribution is 5.89. The number of aryl methyl sites for hydroxylation is 2. The Morgan fingerprint density at radius 2 is 2.04 bits per heavy atom. The fraction of sp³-hybridized carbons (Fsp3) is 0.412. The highest BCUT2D eigenvalue weighted by Crippen LogP contribution is 2.24. The van der Waals surface area contributed by atoms with Crippen molar-refractivity contribution in [1.82, 2.24) is 15.1 Å². The molecule has 0 fully saturated rings. The molecule has 1 heterocycles. The lowest BCUT2D eigenvalue weighted by atomic mass is 10.1. The van der Waals surface area contributed by atoms with Gasteiger partial charge in [0, 0.05) is 18.7 Å². The average Bonchev–Trinajstić information content (AvgIpc) is 2.85. The lowest BCUT2D eigenvalue weighted by Crippen LogP contribution is -2.43. The number of nitrogens with zero attached hydrogens (tertiary/aromatic N) is 2. The number of aliphatic hydroxyl groups is 1. The Hall–Kier alpha value is -2.34. The molecule has 0 radical (unpaired) electrons. The third-order valence-corrected chi connectivity index (χ3v) is 3.86. The molecule has 1 aromatic heterocycles. The fourth-order valence-electron chi connectivity index (χ4n) is 2.32. The zero-order valence-corrected chi connectivity index (χ0v) is 14.0. The molecule has 0 saturated heterocycles. The molecule has 124 valence electrons. The van der Waals surface area contributed by atoms with E-state index in [2.05, 4.69) is 15.7 Å². The Morgan fingerprint density at radius 3 is 2.65 bits per heavy atom. The maximum atomic E-state index is 12.1. The maximum absolute atomic E-state index is 12.1. The van der Waals surface area contributed by atoms with E-state index in [0.29, 0.717) is 5.82 Å². The van der Waals surface area contributed by atoms with E-state index >= 15 is 0 Å². The van der Waals surface area contributed by atoms with Crippen LogP contribution in [0.3, 0.4) is 0 Å². The molecule has 6 heteroatoms. The van der Waals surface area contributed by atoms with Gasteiger partial charge in [0.1, 0.15) is 5.82 Å². The van der Waals surface area contributed by atoms with Crippen LogP contribution in [0, 0.1) is 12.8 Å². The molecule has 0 bridgehead atoms. The first-order valence-electron chi connectivity index (χ1n) is 7.70. The van der Waals surface area contributed by atoms with E-state index in [9.17, 15) is 9.90 Å². The first kappa shape index (κ1) is 17.0. The minimum atomic E-state index is -0.350. The van der Waals surface area contributed by atoms with Gasteiger partial charge in [-0.2, -0.15) is 5.10 Å². The van der Waals surface area contributed by atoms with E-state index in [0.717, 1.165) is 16.8 Å². The van der Waals surface area contributed by atoms with Gasteiger partial charge >= 0.3 is 6.03 Å². The largest absolute Gasteiger partial charge is 0.394 e. The number of aliphatic hydroxyl groups excluding tert-OH is 1. The summed E-state index contributed by atoms with van der Waals surface area (Å²) in [5.74, 6) is 0.751. The third-order valence-electron chi connectivity index (χ3n) is 3.86. The number of aromatic nitrogens is 2. The van der Waals surface area contributed by atoms with Crippen molar-refractivity contribution >= 4 is 11.8 Å². The summed E-state index contributed by atoms with van der Waals surface area (Å²) in [7, 11) is 1.78. The number of carbonyl (C=O) groups is 1. The van der Waals surface area contributed by atoms with Crippen molar-refractivity contribution in [3.8, 4) is 11.3 Å². The number of carbonyl (C=O) groups excluding carboxylic acids is 1. The Labute approximate surface area is 136 Å². The molecule has 2 amide bonds. The van der Waals surface area contributed by atoms with Crippen LogP contribution in [-0.4, -0.2) is 33.6 Å². The molecule has 0 aliphatic heterocycles. The number of hydrogen-bond acceptors (Lipinski definition) is 3. The van der Waals surface area contributed by atoms with Crippen LogP contribution < -0.4 is 10.6 Å². The van der Waals surface area contributed by atoms with Gasteiger partial charge < -0.3 is 10.4 Å². The van der Waals surface area contributed by atoms with Crippen LogP contribution in [0.2, 0.25) is 0 Å². The zero-order valence-electron chi connectivity index (χ0n) is 14.0. The van der Waals surface area contributed by atoms with Gasteiger partial charge in [-0.05, 0) is 18.4 Å². The predicted octanol–water partition coefficient (Wildman–Crippen LogP) is 2.53. The molecule has 23 heavy (non-hydrogen) atoms. The molecule has 6 nitrogen and oxygen atoms in total. The summed E-state index contributed by atoms with van der Waals surface area (Å²) in [6, 6.07) is 9.18. The van der Waals surface area contributed by atoms with Crippen molar-refractivity contribution in [3.63, 3.8) is 0 Å². The number of amides is 2. The van der Waals surface area contributed by atoms with E-state index in [1.54, 1.807) is 11.7 Å². The fourth-order valence-corrected chi connectivity index (χ4v) is 2.32. The summed E-state index contributed by atoms with van der Waals surface area (Å²) < 4.78 is 1.63. The van der Waals surface area contributed by atoms with Crippen LogP contribution >= 0.6 is 0 Å². The number of anilines is 1. The minimum absolute atomic E-state index is 0.0923. The monoisotopic (exact) mass is 316 g/mol. The van der Waals surface area contributed by atoms with Crippen molar-refractivity contribution in [1.29, 1.82) is 0 Å². The normalized spacial score (nSPS) is 12.3. The number of hydrogen-bond donors (Lipinski definition) is 3. The highest BCUT2D eigenvalue weighted by Gasteiger charge is 2.16. The SMILES string of the molecule is Cc1ccccc1-c1cc(NC(=O)N[C@H](CO)C(C)C)n(C)n1. The quantitative estimate of drug-likeness (QED) is 0.793. The lowest BCUT2D eigenvalue weighted by molar-refractivity contribution is 0.204. The molecule has 0 saturated carbocycles. The molecule has 0 aliphatic rings. The molecule has 3 N–H and O–H groups in total. The highest BCUT2D eigenvalue weighted by atomic mass is 16.3. The van der Waals surface area contributed by atoms with Gasteiger partial charge in [-0.3, -0.25) is 10.00 Å². The Balaban J connectivity index is 2.13. The summed E-state index contributed by atoms with van der Waals surface area (Å²) in [4.78, 5) is 12.1. The number of benzene rings is 1. The Kier molecular flexibility index (Phi) is 5.39. The second-order valence-corrected chi connectivity index (χ2v) is 5.98. The molecular weight excluding hydrogens is 292 g/mol. The average molecular weight is 316 g/mol. The number of urea groups is 1. The van der Waals surface area contributed by atoms with Crippen molar-refractivity contribution in [2.24, 2.45) is 13.0 Å². The summed E-state index contributed by atoms with van der Waals surface area (Å²) in [6.45, 7) is 5.83. The molecule has 1 atom stereocenters. The molecule has 0 unspecified atom stereocenters. The van der Waals surface area contributed by atoms with Crippen molar-refractivity contribution in [2.45, 2.75) is 26.8 Å². The Bertz CT molecular complexity index is 679. The first-order chi connectivity index (χ1) is 10.9. The molecule has 2 rings (SSSR count). The first-order valence-corrected chi connectivity index (χ1v) is 7.70. The van der Waals surface area contributed by atoms with E-state index in [-0.39, 0.29) is 24.6 Å². The maximum Gasteiger partial charge on any atom is 0.320 e. The number of rotatable bonds is 5. The predicted molar refractivity (Wildman–Crippen MR) is 91.2 cm³/mol. The molecule has 1 aromatic carbocycles. The van der Waals surface area contributed by atoms with E-state index < -0.39 is 0 Å². The van der Waals surface area contributed by atoms with Crippen LogP contribution in [-0.2, 0) is 7.05 Å². The van der Waals surface area contributed by atoms with Gasteiger partial charge in [0.25, 0.3) is 0 Å². The van der Waals surface area contributed by atoms with Gasteiger partial charge in [-0.1, -0.05) is 38.1 Å². The van der Waals surface area contributed by atoms with Gasteiger partial charge in [-0.25, -0.2) is 4.79 Å². The van der Waals surface area contributed by atoms with Crippen LogP contribution in [0.5, 0.6) is 0 Å². The van der Waals surface area contributed by atoms with Crippen molar-refractivity contribution < 1.29 is 9.90 Å². The van der Waals surface area contributed by atoms with Gasteiger partial charge in [-0.15, -0.1) is 0 Å². The van der Waals surface area contributed by atoms with Crippen LogP contribution in [0.4, 0.5) is 10.6 Å².